The third kappa shape index (κ3) is 16.9. The maximum absolute atomic E-state index is 13.8. The number of benzene rings is 7. The van der Waals surface area contributed by atoms with Crippen molar-refractivity contribution in [3.05, 3.63) is 203 Å². The maximum atomic E-state index is 13.8. The smallest absolute Gasteiger partial charge is 0.254 e. The number of carbonyl (C=O) groups excluding carboxylic acids is 3. The molecule has 0 saturated carbocycles. The lowest BCUT2D eigenvalue weighted by Crippen LogP contribution is -2.47. The molecule has 17 nitrogen and oxygen atoms in total. The third-order valence-electron chi connectivity index (χ3n) is 19.8. The highest BCUT2D eigenvalue weighted by atomic mass is 16.2. The summed E-state index contributed by atoms with van der Waals surface area (Å²) in [5.74, 6) is 0.105. The number of hydrogen-bond acceptors (Lipinski definition) is 13. The van der Waals surface area contributed by atoms with Crippen LogP contribution in [-0.4, -0.2) is 112 Å². The van der Waals surface area contributed by atoms with Gasteiger partial charge in [0.2, 0.25) is 0 Å². The first-order valence-corrected chi connectivity index (χ1v) is 34.3. The van der Waals surface area contributed by atoms with Gasteiger partial charge < -0.3 is 46.6 Å². The lowest BCUT2D eigenvalue weighted by Gasteiger charge is -2.41. The first kappa shape index (κ1) is 70.6. The van der Waals surface area contributed by atoms with Crippen LogP contribution in [0.3, 0.4) is 0 Å². The van der Waals surface area contributed by atoms with Crippen LogP contribution in [0.1, 0.15) is 156 Å². The fraction of sp³-hybridized carbons (Fsp3) is 0.392. The van der Waals surface area contributed by atoms with Gasteiger partial charge in [0, 0.05) is 71.0 Å². The van der Waals surface area contributed by atoms with Gasteiger partial charge in [-0.2, -0.15) is 10.5 Å². The molecule has 7 aromatic carbocycles. The van der Waals surface area contributed by atoms with Crippen molar-refractivity contribution in [1.29, 1.82) is 15.9 Å². The standard InChI is InChI=1S/C28H39N5O.C28H36N4O.C16H13N3O.C7H10N2/c1-20-11-9-12-21(2)32(20)17-7-4-8-18-33-25-16-6-5-15-24(25)31(3)26(28(33)34)22-13-10-14-23(19-22)27(29)30;1-21-11-9-12-22(2)31(21)17-7-4-8-18-32-26-16-6-5-15-25(26)30(3)27(28(32)33)24-14-10-13-23(19-24)20-29;1-19-14-8-3-2-7-13(14)18-16(20)15(19)12-6-4-5-11(9-12)10-17;1-9-7-5-3-2-4-6(7)8/h5-6,10,13-16,19-21,26H,4,7-9,11-12,17-18H2,1-3H3,(H3,29,30);5-6,10,13-16,19,21-22,27H,4,7-9,11-12,17-18H2,1-3H3;2-9,15H,1H3,(H,18,20);2-5,9H,8H2,1H3/t20-,21+,26?;21-,22+,27?;;. The Balaban J connectivity index is 0.000000162. The molecule has 7 atom stereocenters. The topological polar surface area (TPSA) is 221 Å². The Morgan fingerprint density at radius 1 is 0.500 bits per heavy atom. The molecular formula is C79H98N14O3. The van der Waals surface area contributed by atoms with Crippen LogP contribution in [0.2, 0.25) is 0 Å². The van der Waals surface area contributed by atoms with Crippen LogP contribution in [0.5, 0.6) is 0 Å². The van der Waals surface area contributed by atoms with E-state index in [1.165, 1.54) is 51.4 Å². The Morgan fingerprint density at radius 2 is 0.896 bits per heavy atom. The number of para-hydroxylation sites is 8. The van der Waals surface area contributed by atoms with Gasteiger partial charge in [-0.25, -0.2) is 0 Å². The number of rotatable bonds is 17. The minimum atomic E-state index is -0.427. The lowest BCUT2D eigenvalue weighted by molar-refractivity contribution is -0.121. The molecular weight excluding hydrogens is 1190 g/mol. The summed E-state index contributed by atoms with van der Waals surface area (Å²) in [4.78, 5) is 55.1. The average molecular weight is 1290 g/mol. The number of piperidine rings is 2. The van der Waals surface area contributed by atoms with E-state index in [4.69, 9.17) is 22.1 Å². The molecule has 3 unspecified atom stereocenters. The molecule has 2 fully saturated rings. The van der Waals surface area contributed by atoms with Gasteiger partial charge in [-0.05, 0) is 188 Å². The quantitative estimate of drug-likeness (QED) is 0.0248. The highest BCUT2D eigenvalue weighted by Gasteiger charge is 2.39. The molecule has 7 aromatic rings. The van der Waals surface area contributed by atoms with Crippen molar-refractivity contribution in [2.75, 3.05) is 95.2 Å². The molecule has 7 N–H and O–H groups in total. The first-order chi connectivity index (χ1) is 46.4. The molecule has 17 heteroatoms. The molecule has 502 valence electrons. The summed E-state index contributed by atoms with van der Waals surface area (Å²) in [5.41, 5.74) is 23.3. The molecule has 0 bridgehead atoms. The number of amides is 3. The summed E-state index contributed by atoms with van der Waals surface area (Å²) >= 11 is 0. The number of hydrogen-bond donors (Lipinski definition) is 5. The second kappa shape index (κ2) is 33.6. The number of likely N-dealkylation sites (tertiary alicyclic amines) is 2. The minimum absolute atomic E-state index is 0.0161. The molecule has 2 saturated heterocycles. The second-order valence-electron chi connectivity index (χ2n) is 26.2. The zero-order valence-corrected chi connectivity index (χ0v) is 57.4. The van der Waals surface area contributed by atoms with Crippen molar-refractivity contribution in [2.24, 2.45) is 5.73 Å². The van der Waals surface area contributed by atoms with Crippen LogP contribution in [-0.2, 0) is 14.4 Å². The van der Waals surface area contributed by atoms with Crippen molar-refractivity contribution in [3.63, 3.8) is 0 Å². The Labute approximate surface area is 569 Å². The summed E-state index contributed by atoms with van der Waals surface area (Å²) in [6.45, 7) is 13.2. The Kier molecular flexibility index (Phi) is 24.7. The molecule has 12 rings (SSSR count). The predicted octanol–water partition coefficient (Wildman–Crippen LogP) is 14.4. The van der Waals surface area contributed by atoms with Gasteiger partial charge in [-0.15, -0.1) is 0 Å². The van der Waals surface area contributed by atoms with Gasteiger partial charge in [-0.3, -0.25) is 29.6 Å². The second-order valence-corrected chi connectivity index (χ2v) is 26.2. The van der Waals surface area contributed by atoms with E-state index in [9.17, 15) is 19.6 Å². The number of likely N-dealkylation sites (N-methyl/N-ethyl adjacent to an activating group) is 3. The number of nitriles is 2. The number of nitrogens with zero attached hydrogens (tertiary/aromatic N) is 9. The number of unbranched alkanes of at least 4 members (excludes halogenated alkanes) is 4. The molecule has 5 aliphatic heterocycles. The van der Waals surface area contributed by atoms with Gasteiger partial charge in [-0.1, -0.05) is 117 Å². The molecule has 0 aromatic heterocycles. The number of nitrogens with two attached hydrogens (primary N) is 2. The number of fused-ring (bicyclic) bond motifs is 3. The van der Waals surface area contributed by atoms with Crippen LogP contribution in [0, 0.1) is 28.1 Å². The van der Waals surface area contributed by atoms with E-state index < -0.39 is 18.1 Å². The van der Waals surface area contributed by atoms with Gasteiger partial charge in [0.05, 0.1) is 68.8 Å². The zero-order valence-electron chi connectivity index (χ0n) is 57.4. The van der Waals surface area contributed by atoms with Crippen molar-refractivity contribution >= 4 is 69.1 Å². The Hall–Kier alpha value is -9.68. The summed E-state index contributed by atoms with van der Waals surface area (Å²) in [7, 11) is 7.69. The highest BCUT2D eigenvalue weighted by molar-refractivity contribution is 6.07. The summed E-state index contributed by atoms with van der Waals surface area (Å²) in [6, 6.07) is 59.5. The zero-order chi connectivity index (χ0) is 68.4. The summed E-state index contributed by atoms with van der Waals surface area (Å²) in [5, 5.41) is 32.0. The Bertz CT molecular complexity index is 3860. The van der Waals surface area contributed by atoms with Crippen LogP contribution >= 0.6 is 0 Å². The molecule has 0 aliphatic carbocycles. The summed E-state index contributed by atoms with van der Waals surface area (Å²) < 4.78 is 0. The minimum Gasteiger partial charge on any atom is -0.397 e. The molecule has 3 amide bonds. The van der Waals surface area contributed by atoms with E-state index in [0.29, 0.717) is 40.9 Å². The van der Waals surface area contributed by atoms with Crippen LogP contribution in [0.4, 0.5) is 45.5 Å². The maximum Gasteiger partial charge on any atom is 0.254 e. The number of carbonyl (C=O) groups is 3. The van der Waals surface area contributed by atoms with Gasteiger partial charge in [0.15, 0.2) is 0 Å². The van der Waals surface area contributed by atoms with E-state index in [-0.39, 0.29) is 23.6 Å². The average Bonchev–Trinajstić information content (AvgIpc) is 0.778. The fourth-order valence-electron chi connectivity index (χ4n) is 14.6. The van der Waals surface area contributed by atoms with E-state index in [1.807, 2.05) is 186 Å². The number of anilines is 8. The van der Waals surface area contributed by atoms with E-state index in [0.717, 1.165) is 114 Å². The van der Waals surface area contributed by atoms with Gasteiger partial charge >= 0.3 is 0 Å². The monoisotopic (exact) mass is 1290 g/mol. The molecule has 5 aliphatic rings. The third-order valence-corrected chi connectivity index (χ3v) is 19.8. The number of nitrogens with one attached hydrogen (secondary N) is 3. The first-order valence-electron chi connectivity index (χ1n) is 34.3. The van der Waals surface area contributed by atoms with Crippen molar-refractivity contribution in [2.45, 2.75) is 147 Å². The summed E-state index contributed by atoms with van der Waals surface area (Å²) in [6.07, 6.45) is 14.5. The van der Waals surface area contributed by atoms with E-state index in [1.54, 1.807) is 24.3 Å². The number of amidine groups is 1. The van der Waals surface area contributed by atoms with E-state index in [2.05, 4.69) is 72.4 Å². The predicted molar refractivity (Wildman–Crippen MR) is 393 cm³/mol. The molecule has 5 heterocycles. The normalized spacial score (nSPS) is 20.6. The lowest BCUT2D eigenvalue weighted by atomic mass is 9.96. The van der Waals surface area contributed by atoms with Crippen LogP contribution in [0.25, 0.3) is 0 Å². The SMILES string of the molecule is CN1c2ccccc2NC(=O)C1c1cccc(C#N)c1.CNc1ccccc1N.C[C@@H]1CCC[C@H](C)N1CCCCCN1C(=O)C(c2cccc(C#N)c2)N(C)c2ccccc21.C[C@@H]1CCC[C@H](C)N1CCCCCN1C(=O)C(c2cccc(C(=N)N)c2)N(C)c2ccccc21. The van der Waals surface area contributed by atoms with Crippen molar-refractivity contribution < 1.29 is 14.4 Å². The van der Waals surface area contributed by atoms with E-state index >= 15 is 0 Å². The van der Waals surface area contributed by atoms with Crippen LogP contribution in [0.15, 0.2) is 170 Å². The molecule has 0 radical (unpaired) electrons. The van der Waals surface area contributed by atoms with Crippen molar-refractivity contribution in [1.82, 2.24) is 9.80 Å². The molecule has 96 heavy (non-hydrogen) atoms. The largest absolute Gasteiger partial charge is 0.397 e. The fourth-order valence-corrected chi connectivity index (χ4v) is 14.6. The Morgan fingerprint density at radius 3 is 1.34 bits per heavy atom. The van der Waals surface area contributed by atoms with Crippen molar-refractivity contribution in [3.8, 4) is 12.1 Å². The van der Waals surface area contributed by atoms with Gasteiger partial charge in [0.25, 0.3) is 17.7 Å². The molecule has 0 spiro atoms. The highest BCUT2D eigenvalue weighted by Crippen LogP contribution is 2.43. The van der Waals surface area contributed by atoms with Crippen LogP contribution < -0.4 is 46.6 Å². The van der Waals surface area contributed by atoms with Gasteiger partial charge in [0.1, 0.15) is 24.0 Å². The number of nitrogen functional groups attached to an aromatic ring is 2.